The maximum atomic E-state index is 4.70. The van der Waals surface area contributed by atoms with Crippen LogP contribution in [0.15, 0.2) is 36.9 Å². The van der Waals surface area contributed by atoms with Crippen molar-refractivity contribution in [2.75, 3.05) is 0 Å². The van der Waals surface area contributed by atoms with E-state index in [9.17, 15) is 0 Å². The van der Waals surface area contributed by atoms with Crippen molar-refractivity contribution in [3.8, 4) is 11.4 Å². The Hall–Kier alpha value is -2.10. The number of rotatable bonds is 0. The lowest BCUT2D eigenvalue weighted by molar-refractivity contribution is 0.443. The van der Waals surface area contributed by atoms with Gasteiger partial charge in [-0.2, -0.15) is 0 Å². The van der Waals surface area contributed by atoms with Crippen LogP contribution in [-0.2, 0) is 5.54 Å². The summed E-state index contributed by atoms with van der Waals surface area (Å²) >= 11 is 0. The molecule has 84 valence electrons. The lowest BCUT2D eigenvalue weighted by Gasteiger charge is -2.22. The van der Waals surface area contributed by atoms with Crippen molar-refractivity contribution in [2.24, 2.45) is 0 Å². The van der Waals surface area contributed by atoms with Crippen LogP contribution in [0, 0.1) is 0 Å². The fourth-order valence-electron chi connectivity index (χ4n) is 2.79. The molecule has 0 N–H and O–H groups in total. The number of hydrogen-bond donors (Lipinski definition) is 0. The minimum Gasteiger partial charge on any atom is -0.318 e. The number of fused-ring (bicyclic) bond motifs is 5. The highest BCUT2D eigenvalue weighted by Gasteiger charge is 2.39. The number of hydrogen-bond acceptors (Lipinski definition) is 2. The molecule has 0 unspecified atom stereocenters. The fourth-order valence-corrected chi connectivity index (χ4v) is 2.79. The summed E-state index contributed by atoms with van der Waals surface area (Å²) in [5, 5.41) is 0. The van der Waals surface area contributed by atoms with Crippen LogP contribution in [0.2, 0.25) is 0 Å². The van der Waals surface area contributed by atoms with Crippen LogP contribution in [0.1, 0.15) is 19.5 Å². The van der Waals surface area contributed by atoms with E-state index in [0.717, 1.165) is 17.0 Å². The summed E-state index contributed by atoms with van der Waals surface area (Å²) in [6.45, 7) is 4.40. The minimum atomic E-state index is -0.0953. The van der Waals surface area contributed by atoms with Crippen molar-refractivity contribution in [2.45, 2.75) is 19.4 Å². The highest BCUT2D eigenvalue weighted by Crippen LogP contribution is 2.42. The van der Waals surface area contributed by atoms with Gasteiger partial charge in [-0.3, -0.25) is 0 Å². The molecule has 4 heteroatoms. The van der Waals surface area contributed by atoms with Crippen molar-refractivity contribution >= 4 is 5.65 Å². The number of nitrogens with zero attached hydrogens (tertiary/aromatic N) is 4. The van der Waals surface area contributed by atoms with Crippen molar-refractivity contribution in [3.63, 3.8) is 0 Å². The summed E-state index contributed by atoms with van der Waals surface area (Å²) in [5.41, 5.74) is 4.30. The monoisotopic (exact) mass is 224 g/mol. The Balaban J connectivity index is 2.22. The summed E-state index contributed by atoms with van der Waals surface area (Å²) in [5.74, 6) is 0. The molecule has 1 aliphatic rings. The summed E-state index contributed by atoms with van der Waals surface area (Å²) < 4.78 is 4.35. The van der Waals surface area contributed by atoms with Gasteiger partial charge in [-0.25, -0.2) is 9.97 Å². The van der Waals surface area contributed by atoms with E-state index >= 15 is 0 Å². The van der Waals surface area contributed by atoms with Crippen molar-refractivity contribution < 1.29 is 0 Å². The first-order chi connectivity index (χ1) is 8.19. The third kappa shape index (κ3) is 0.895. The second kappa shape index (κ2) is 2.59. The first-order valence-corrected chi connectivity index (χ1v) is 5.70. The molecule has 3 aromatic rings. The number of pyridine rings is 1. The largest absolute Gasteiger partial charge is 0.318 e. The van der Waals surface area contributed by atoms with Gasteiger partial charge in [-0.1, -0.05) is 6.07 Å². The molecule has 0 spiro atoms. The second-order valence-electron chi connectivity index (χ2n) is 4.95. The first-order valence-electron chi connectivity index (χ1n) is 5.70. The van der Waals surface area contributed by atoms with Gasteiger partial charge in [-0.15, -0.1) is 0 Å². The summed E-state index contributed by atoms with van der Waals surface area (Å²) in [4.78, 5) is 8.93. The smallest absolute Gasteiger partial charge is 0.137 e. The normalized spacial score (nSPS) is 16.1. The molecular weight excluding hydrogens is 212 g/mol. The first kappa shape index (κ1) is 8.98. The Morgan fingerprint density at radius 2 is 2.12 bits per heavy atom. The van der Waals surface area contributed by atoms with Crippen molar-refractivity contribution in [1.82, 2.24) is 18.9 Å². The van der Waals surface area contributed by atoms with Gasteiger partial charge in [-0.05, 0) is 26.0 Å². The van der Waals surface area contributed by atoms with Crippen LogP contribution in [0.3, 0.4) is 0 Å². The molecule has 0 radical (unpaired) electrons. The fraction of sp³-hybridized carbons (Fsp3) is 0.231. The molecule has 0 aliphatic carbocycles. The van der Waals surface area contributed by atoms with Gasteiger partial charge in [0.05, 0.1) is 29.5 Å². The lowest BCUT2D eigenvalue weighted by atomic mass is 10.0. The average Bonchev–Trinajstić information content (AvgIpc) is 2.96. The Bertz CT molecular complexity index is 733. The zero-order chi connectivity index (χ0) is 11.6. The van der Waals surface area contributed by atoms with Crippen LogP contribution < -0.4 is 0 Å². The van der Waals surface area contributed by atoms with Gasteiger partial charge in [0, 0.05) is 6.20 Å². The molecule has 0 saturated heterocycles. The molecule has 17 heavy (non-hydrogen) atoms. The van der Waals surface area contributed by atoms with Crippen LogP contribution in [0.25, 0.3) is 17.0 Å². The Morgan fingerprint density at radius 1 is 1.24 bits per heavy atom. The summed E-state index contributed by atoms with van der Waals surface area (Å²) in [6.07, 6.45) is 5.84. The van der Waals surface area contributed by atoms with Crippen molar-refractivity contribution in [1.29, 1.82) is 0 Å². The molecule has 0 fully saturated rings. The molecule has 0 atom stereocenters. The molecule has 1 aliphatic heterocycles. The predicted octanol–water partition coefficient (Wildman–Crippen LogP) is 2.29. The summed E-state index contributed by atoms with van der Waals surface area (Å²) in [7, 11) is 0. The minimum absolute atomic E-state index is 0.0953. The Labute approximate surface area is 98.6 Å². The molecule has 3 aromatic heterocycles. The van der Waals surface area contributed by atoms with E-state index in [1.165, 1.54) is 5.69 Å². The molecule has 0 saturated carbocycles. The third-order valence-corrected chi connectivity index (χ3v) is 3.59. The molecule has 4 heterocycles. The van der Waals surface area contributed by atoms with Gasteiger partial charge in [0.25, 0.3) is 0 Å². The zero-order valence-corrected chi connectivity index (χ0v) is 9.75. The predicted molar refractivity (Wildman–Crippen MR) is 64.8 cm³/mol. The maximum Gasteiger partial charge on any atom is 0.137 e. The van der Waals surface area contributed by atoms with E-state index in [1.807, 2.05) is 30.7 Å². The highest BCUT2D eigenvalue weighted by molar-refractivity contribution is 5.69. The molecular formula is C13H12N4. The van der Waals surface area contributed by atoms with E-state index in [0.29, 0.717) is 0 Å². The maximum absolute atomic E-state index is 4.70. The van der Waals surface area contributed by atoms with Gasteiger partial charge >= 0.3 is 0 Å². The molecule has 4 rings (SSSR count). The molecule has 0 amide bonds. The van der Waals surface area contributed by atoms with Gasteiger partial charge in [0.2, 0.25) is 0 Å². The average molecular weight is 224 g/mol. The second-order valence-corrected chi connectivity index (χ2v) is 4.95. The van der Waals surface area contributed by atoms with Gasteiger partial charge in [0.1, 0.15) is 11.3 Å². The lowest BCUT2D eigenvalue weighted by Crippen LogP contribution is -2.24. The van der Waals surface area contributed by atoms with Crippen LogP contribution in [-0.4, -0.2) is 18.9 Å². The number of aromatic nitrogens is 4. The SMILES string of the molecule is CC1(C)c2c(nc3ccccn23)-c2cncn21. The van der Waals surface area contributed by atoms with Crippen LogP contribution in [0.5, 0.6) is 0 Å². The van der Waals surface area contributed by atoms with Crippen molar-refractivity contribution in [3.05, 3.63) is 42.6 Å². The standard InChI is InChI=1S/C13H12N4/c1-13(2)12-11(9-7-14-8-17(9)13)15-10-5-3-4-6-16(10)12/h3-8H,1-2H3. The summed E-state index contributed by atoms with van der Waals surface area (Å²) in [6, 6.07) is 6.09. The van der Waals surface area contributed by atoms with Crippen LogP contribution in [0.4, 0.5) is 0 Å². The Morgan fingerprint density at radius 3 is 3.00 bits per heavy atom. The van der Waals surface area contributed by atoms with Gasteiger partial charge < -0.3 is 8.97 Å². The molecule has 0 aromatic carbocycles. The van der Waals surface area contributed by atoms with E-state index in [2.05, 4.69) is 34.0 Å². The van der Waals surface area contributed by atoms with E-state index in [1.54, 1.807) is 0 Å². The topological polar surface area (TPSA) is 35.1 Å². The quantitative estimate of drug-likeness (QED) is 0.587. The molecule has 4 nitrogen and oxygen atoms in total. The zero-order valence-electron chi connectivity index (χ0n) is 9.75. The number of imidazole rings is 2. The van der Waals surface area contributed by atoms with E-state index in [-0.39, 0.29) is 5.54 Å². The third-order valence-electron chi connectivity index (χ3n) is 3.59. The highest BCUT2D eigenvalue weighted by atomic mass is 15.2. The molecule has 0 bridgehead atoms. The Kier molecular flexibility index (Phi) is 1.37. The van der Waals surface area contributed by atoms with Gasteiger partial charge in [0.15, 0.2) is 0 Å². The van der Waals surface area contributed by atoms with E-state index < -0.39 is 0 Å². The van der Waals surface area contributed by atoms with Crippen LogP contribution >= 0.6 is 0 Å². The van der Waals surface area contributed by atoms with E-state index in [4.69, 9.17) is 4.98 Å².